The van der Waals surface area contributed by atoms with E-state index in [9.17, 15) is 9.59 Å². The normalized spacial score (nSPS) is 18.2. The maximum atomic E-state index is 12.9. The number of ether oxygens (including phenoxy) is 2. The Hall–Kier alpha value is -3.51. The molecule has 164 valence electrons. The van der Waals surface area contributed by atoms with E-state index in [1.165, 1.54) is 0 Å². The van der Waals surface area contributed by atoms with Gasteiger partial charge in [0, 0.05) is 32.0 Å². The zero-order valence-corrected chi connectivity index (χ0v) is 17.8. The summed E-state index contributed by atoms with van der Waals surface area (Å²) in [6.07, 6.45) is 3.52. The number of hydrogen-bond acceptors (Lipinski definition) is 6. The molecule has 0 amide bonds. The predicted molar refractivity (Wildman–Crippen MR) is 119 cm³/mol. The fourth-order valence-electron chi connectivity index (χ4n) is 3.91. The molecule has 1 aliphatic heterocycles. The van der Waals surface area contributed by atoms with Crippen LogP contribution in [0.25, 0.3) is 0 Å². The second-order valence-corrected chi connectivity index (χ2v) is 7.95. The van der Waals surface area contributed by atoms with Crippen LogP contribution >= 0.6 is 0 Å². The molecule has 1 aliphatic rings. The van der Waals surface area contributed by atoms with Crippen molar-refractivity contribution in [2.24, 2.45) is 11.8 Å². The lowest BCUT2D eigenvalue weighted by Crippen LogP contribution is -2.31. The van der Waals surface area contributed by atoms with Gasteiger partial charge >= 0.3 is 11.9 Å². The molecule has 0 spiro atoms. The molecular formula is C26H26N2O4. The van der Waals surface area contributed by atoms with Gasteiger partial charge in [0.05, 0.1) is 11.8 Å². The first-order chi connectivity index (χ1) is 15.7. The molecule has 2 heterocycles. The van der Waals surface area contributed by atoms with Gasteiger partial charge < -0.3 is 9.47 Å². The molecule has 4 rings (SSSR count). The first kappa shape index (κ1) is 21.7. The summed E-state index contributed by atoms with van der Waals surface area (Å²) in [4.78, 5) is 32.1. The third-order valence-corrected chi connectivity index (χ3v) is 5.58. The van der Waals surface area contributed by atoms with E-state index < -0.39 is 11.8 Å². The van der Waals surface area contributed by atoms with E-state index in [1.807, 2.05) is 72.8 Å². The Morgan fingerprint density at radius 1 is 0.750 bits per heavy atom. The maximum absolute atomic E-state index is 12.9. The Balaban J connectivity index is 1.42. The highest BCUT2D eigenvalue weighted by atomic mass is 16.5. The van der Waals surface area contributed by atoms with Gasteiger partial charge in [0.1, 0.15) is 13.2 Å². The summed E-state index contributed by atoms with van der Waals surface area (Å²) in [5.74, 6) is -1.88. The van der Waals surface area contributed by atoms with Crippen molar-refractivity contribution in [2.75, 3.05) is 13.1 Å². The molecule has 0 radical (unpaired) electrons. The Kier molecular flexibility index (Phi) is 7.25. The van der Waals surface area contributed by atoms with Crippen molar-refractivity contribution in [3.05, 3.63) is 102 Å². The molecule has 6 nitrogen and oxygen atoms in total. The molecule has 6 heteroatoms. The van der Waals surface area contributed by atoms with Gasteiger partial charge in [0.2, 0.25) is 0 Å². The number of nitrogens with zero attached hydrogens (tertiary/aromatic N) is 2. The summed E-state index contributed by atoms with van der Waals surface area (Å²) < 4.78 is 11.1. The van der Waals surface area contributed by atoms with Crippen LogP contribution in [0.5, 0.6) is 0 Å². The first-order valence-corrected chi connectivity index (χ1v) is 10.7. The lowest BCUT2D eigenvalue weighted by molar-refractivity contribution is -0.160. The zero-order chi connectivity index (χ0) is 22.2. The van der Waals surface area contributed by atoms with Gasteiger partial charge in [-0.3, -0.25) is 19.5 Å². The first-order valence-electron chi connectivity index (χ1n) is 10.7. The number of carbonyl (C=O) groups excluding carboxylic acids is 2. The van der Waals surface area contributed by atoms with Crippen LogP contribution in [0.4, 0.5) is 0 Å². The monoisotopic (exact) mass is 430 g/mol. The topological polar surface area (TPSA) is 68.7 Å². The Morgan fingerprint density at radius 3 is 1.72 bits per heavy atom. The van der Waals surface area contributed by atoms with E-state index in [-0.39, 0.29) is 25.2 Å². The molecule has 2 atom stereocenters. The second-order valence-electron chi connectivity index (χ2n) is 7.95. The summed E-state index contributed by atoms with van der Waals surface area (Å²) in [6.45, 7) is 1.86. The van der Waals surface area contributed by atoms with Crippen LogP contribution in [0.1, 0.15) is 16.7 Å². The number of benzene rings is 2. The van der Waals surface area contributed by atoms with Crippen LogP contribution in [0, 0.1) is 11.8 Å². The summed E-state index contributed by atoms with van der Waals surface area (Å²) >= 11 is 0. The average molecular weight is 431 g/mol. The lowest BCUT2D eigenvalue weighted by Gasteiger charge is -2.16. The van der Waals surface area contributed by atoms with Gasteiger partial charge in [-0.1, -0.05) is 66.7 Å². The van der Waals surface area contributed by atoms with E-state index in [1.54, 1.807) is 12.4 Å². The molecule has 1 aromatic heterocycles. The van der Waals surface area contributed by atoms with Crippen molar-refractivity contribution < 1.29 is 19.1 Å². The highest BCUT2D eigenvalue weighted by Crippen LogP contribution is 2.28. The smallest absolute Gasteiger partial charge is 0.311 e. The molecule has 32 heavy (non-hydrogen) atoms. The Bertz CT molecular complexity index is 948. The van der Waals surface area contributed by atoms with E-state index in [0.717, 1.165) is 16.7 Å². The van der Waals surface area contributed by atoms with Crippen molar-refractivity contribution >= 4 is 11.9 Å². The van der Waals surface area contributed by atoms with Crippen LogP contribution in [0.3, 0.4) is 0 Å². The third kappa shape index (κ3) is 5.80. The standard InChI is InChI=1S/C26H26N2O4/c29-25(31-18-20-8-3-1-4-9-20)23-16-28(15-22-12-7-13-27-14-22)17-24(23)26(30)32-19-21-10-5-2-6-11-21/h1-14,23-24H,15-19H2/t23-,24-/m0/s1. The fraction of sp³-hybridized carbons (Fsp3) is 0.269. The maximum Gasteiger partial charge on any atom is 0.311 e. The van der Waals surface area contributed by atoms with Crippen LogP contribution in [-0.2, 0) is 38.8 Å². The summed E-state index contributed by atoms with van der Waals surface area (Å²) in [5, 5.41) is 0. The van der Waals surface area contributed by atoms with Crippen LogP contribution in [0.15, 0.2) is 85.2 Å². The molecule has 3 aromatic rings. The Morgan fingerprint density at radius 2 is 1.25 bits per heavy atom. The van der Waals surface area contributed by atoms with Crippen LogP contribution in [0.2, 0.25) is 0 Å². The van der Waals surface area contributed by atoms with Crippen molar-refractivity contribution in [1.82, 2.24) is 9.88 Å². The molecule has 0 unspecified atom stereocenters. The van der Waals surface area contributed by atoms with Gasteiger partial charge in [0.25, 0.3) is 0 Å². The fourth-order valence-corrected chi connectivity index (χ4v) is 3.91. The summed E-state index contributed by atoms with van der Waals surface area (Å²) in [6, 6.07) is 22.9. The average Bonchev–Trinajstić information content (AvgIpc) is 3.27. The van der Waals surface area contributed by atoms with E-state index in [4.69, 9.17) is 9.47 Å². The second kappa shape index (κ2) is 10.7. The number of pyridine rings is 1. The molecular weight excluding hydrogens is 404 g/mol. The van der Waals surface area contributed by atoms with Gasteiger partial charge in [-0.15, -0.1) is 0 Å². The van der Waals surface area contributed by atoms with Gasteiger partial charge in [-0.25, -0.2) is 0 Å². The minimum absolute atomic E-state index is 0.185. The van der Waals surface area contributed by atoms with Gasteiger partial charge in [0.15, 0.2) is 0 Å². The third-order valence-electron chi connectivity index (χ3n) is 5.58. The van der Waals surface area contributed by atoms with E-state index in [2.05, 4.69) is 9.88 Å². The number of carbonyl (C=O) groups is 2. The largest absolute Gasteiger partial charge is 0.461 e. The van der Waals surface area contributed by atoms with Crippen molar-refractivity contribution in [3.63, 3.8) is 0 Å². The number of esters is 2. The zero-order valence-electron chi connectivity index (χ0n) is 17.8. The van der Waals surface area contributed by atoms with E-state index in [0.29, 0.717) is 19.6 Å². The molecule has 1 saturated heterocycles. The molecule has 2 aromatic carbocycles. The van der Waals surface area contributed by atoms with Crippen molar-refractivity contribution in [2.45, 2.75) is 19.8 Å². The number of likely N-dealkylation sites (tertiary alicyclic amines) is 1. The molecule has 0 aliphatic carbocycles. The summed E-state index contributed by atoms with van der Waals surface area (Å²) in [5.41, 5.74) is 2.85. The van der Waals surface area contributed by atoms with Gasteiger partial charge in [-0.2, -0.15) is 0 Å². The lowest BCUT2D eigenvalue weighted by atomic mass is 9.96. The highest BCUT2D eigenvalue weighted by molar-refractivity contribution is 5.83. The van der Waals surface area contributed by atoms with Crippen LogP contribution < -0.4 is 0 Å². The molecule has 0 saturated carbocycles. The molecule has 0 bridgehead atoms. The van der Waals surface area contributed by atoms with Crippen molar-refractivity contribution in [3.8, 4) is 0 Å². The minimum atomic E-state index is -0.571. The SMILES string of the molecule is O=C(OCc1ccccc1)[C@H]1CN(Cc2cccnc2)C[C@@H]1C(=O)OCc1ccccc1. The number of hydrogen-bond donors (Lipinski definition) is 0. The minimum Gasteiger partial charge on any atom is -0.461 e. The van der Waals surface area contributed by atoms with Gasteiger partial charge in [-0.05, 0) is 22.8 Å². The van der Waals surface area contributed by atoms with E-state index >= 15 is 0 Å². The quantitative estimate of drug-likeness (QED) is 0.509. The summed E-state index contributed by atoms with van der Waals surface area (Å²) in [7, 11) is 0. The highest BCUT2D eigenvalue weighted by Gasteiger charge is 2.43. The molecule has 0 N–H and O–H groups in total. The van der Waals surface area contributed by atoms with Crippen LogP contribution in [-0.4, -0.2) is 34.9 Å². The van der Waals surface area contributed by atoms with Crippen molar-refractivity contribution in [1.29, 1.82) is 0 Å². The number of rotatable bonds is 8. The molecule has 1 fully saturated rings. The predicted octanol–water partition coefficient (Wildman–Crippen LogP) is 3.62. The Labute approximate surface area is 187 Å². The number of aromatic nitrogens is 1.